The molecule has 0 atom stereocenters. The van der Waals surface area contributed by atoms with Gasteiger partial charge in [-0.3, -0.25) is 5.43 Å². The molecule has 1 aliphatic heterocycles. The van der Waals surface area contributed by atoms with E-state index >= 15 is 0 Å². The molecule has 0 spiro atoms. The summed E-state index contributed by atoms with van der Waals surface area (Å²) >= 11 is 0. The SMILES string of the molecule is CCNC(=O)Oc1c(OC)cc2c3c(cc(=O)oc13)NN=C2. The van der Waals surface area contributed by atoms with Gasteiger partial charge in [0.05, 0.1) is 24.4 Å². The van der Waals surface area contributed by atoms with Gasteiger partial charge in [0, 0.05) is 18.2 Å². The smallest absolute Gasteiger partial charge is 0.412 e. The van der Waals surface area contributed by atoms with Crippen molar-refractivity contribution in [2.45, 2.75) is 6.92 Å². The number of ether oxygens (including phenoxy) is 2. The molecule has 1 aromatic carbocycles. The summed E-state index contributed by atoms with van der Waals surface area (Å²) in [5.41, 5.74) is 3.43. The highest BCUT2D eigenvalue weighted by atomic mass is 16.6. The van der Waals surface area contributed by atoms with Gasteiger partial charge in [0.2, 0.25) is 5.75 Å². The highest BCUT2D eigenvalue weighted by Crippen LogP contribution is 2.40. The Kier molecular flexibility index (Phi) is 3.42. The van der Waals surface area contributed by atoms with E-state index in [2.05, 4.69) is 15.8 Å². The van der Waals surface area contributed by atoms with Gasteiger partial charge in [-0.15, -0.1) is 0 Å². The fourth-order valence-electron chi connectivity index (χ4n) is 2.21. The molecule has 0 aliphatic carbocycles. The number of nitrogens with one attached hydrogen (secondary N) is 2. The Morgan fingerprint density at radius 1 is 1.45 bits per heavy atom. The summed E-state index contributed by atoms with van der Waals surface area (Å²) in [5, 5.41) is 7.04. The van der Waals surface area contributed by atoms with Crippen LogP contribution < -0.4 is 25.8 Å². The minimum Gasteiger partial charge on any atom is -0.493 e. The van der Waals surface area contributed by atoms with Crippen molar-refractivity contribution in [3.8, 4) is 11.5 Å². The quantitative estimate of drug-likeness (QED) is 0.836. The Hall–Kier alpha value is -3.03. The van der Waals surface area contributed by atoms with Gasteiger partial charge < -0.3 is 19.2 Å². The molecule has 3 rings (SSSR count). The molecule has 1 aromatic heterocycles. The third-order valence-corrected chi connectivity index (χ3v) is 3.09. The van der Waals surface area contributed by atoms with Gasteiger partial charge in [-0.2, -0.15) is 5.10 Å². The number of anilines is 1. The van der Waals surface area contributed by atoms with E-state index in [0.717, 1.165) is 0 Å². The first-order valence-electron chi connectivity index (χ1n) is 6.57. The van der Waals surface area contributed by atoms with Gasteiger partial charge in [-0.05, 0) is 13.0 Å². The number of hydrazone groups is 1. The molecule has 0 saturated carbocycles. The van der Waals surface area contributed by atoms with Crippen LogP contribution in [0.1, 0.15) is 12.5 Å². The molecule has 8 nitrogen and oxygen atoms in total. The summed E-state index contributed by atoms with van der Waals surface area (Å²) in [6.45, 7) is 2.16. The average molecular weight is 303 g/mol. The lowest BCUT2D eigenvalue weighted by Crippen LogP contribution is -2.26. The fourth-order valence-corrected chi connectivity index (χ4v) is 2.21. The monoisotopic (exact) mass is 303 g/mol. The number of methoxy groups -OCH3 is 1. The molecule has 114 valence electrons. The lowest BCUT2D eigenvalue weighted by Gasteiger charge is -2.16. The van der Waals surface area contributed by atoms with Crippen molar-refractivity contribution >= 4 is 29.0 Å². The number of carbonyl (C=O) groups excluding carboxylic acids is 1. The molecule has 2 aromatic rings. The van der Waals surface area contributed by atoms with E-state index < -0.39 is 11.7 Å². The van der Waals surface area contributed by atoms with Crippen LogP contribution >= 0.6 is 0 Å². The van der Waals surface area contributed by atoms with Gasteiger partial charge >= 0.3 is 11.7 Å². The topological polar surface area (TPSA) is 102 Å². The first kappa shape index (κ1) is 13.9. The summed E-state index contributed by atoms with van der Waals surface area (Å²) in [4.78, 5) is 23.4. The highest BCUT2D eigenvalue weighted by Gasteiger charge is 2.23. The molecule has 0 saturated heterocycles. The van der Waals surface area contributed by atoms with Crippen molar-refractivity contribution in [3.63, 3.8) is 0 Å². The Balaban J connectivity index is 2.28. The van der Waals surface area contributed by atoms with Gasteiger partial charge in [-0.1, -0.05) is 0 Å². The van der Waals surface area contributed by atoms with Crippen molar-refractivity contribution in [2.75, 3.05) is 19.1 Å². The second-order valence-electron chi connectivity index (χ2n) is 4.47. The number of hydrogen-bond acceptors (Lipinski definition) is 7. The lowest BCUT2D eigenvalue weighted by molar-refractivity contribution is 0.199. The third kappa shape index (κ3) is 2.24. The van der Waals surface area contributed by atoms with E-state index in [1.807, 2.05) is 0 Å². The number of amides is 1. The molecular weight excluding hydrogens is 290 g/mol. The molecule has 0 fully saturated rings. The van der Waals surface area contributed by atoms with Crippen molar-refractivity contribution < 1.29 is 18.7 Å². The Labute approximate surface area is 124 Å². The van der Waals surface area contributed by atoms with Crippen LogP contribution in [0.4, 0.5) is 10.5 Å². The third-order valence-electron chi connectivity index (χ3n) is 3.09. The number of carbonyl (C=O) groups is 1. The fraction of sp³-hybridized carbons (Fsp3) is 0.214. The first-order chi connectivity index (χ1) is 10.6. The van der Waals surface area contributed by atoms with Crippen molar-refractivity contribution in [3.05, 3.63) is 28.1 Å². The van der Waals surface area contributed by atoms with Crippen LogP contribution in [0, 0.1) is 0 Å². The van der Waals surface area contributed by atoms with Crippen LogP contribution in [0.15, 0.2) is 26.4 Å². The highest BCUT2D eigenvalue weighted by molar-refractivity contribution is 6.09. The van der Waals surface area contributed by atoms with Gasteiger partial charge in [-0.25, -0.2) is 9.59 Å². The van der Waals surface area contributed by atoms with E-state index in [1.54, 1.807) is 19.2 Å². The minimum absolute atomic E-state index is 0.0447. The zero-order valence-electron chi connectivity index (χ0n) is 11.9. The van der Waals surface area contributed by atoms with E-state index in [-0.39, 0.29) is 17.1 Å². The second kappa shape index (κ2) is 5.40. The lowest BCUT2D eigenvalue weighted by atomic mass is 10.1. The zero-order chi connectivity index (χ0) is 15.7. The van der Waals surface area contributed by atoms with Crippen molar-refractivity contribution in [2.24, 2.45) is 5.10 Å². The van der Waals surface area contributed by atoms with Crippen LogP contribution in [0.3, 0.4) is 0 Å². The Morgan fingerprint density at radius 3 is 3.00 bits per heavy atom. The molecule has 0 bridgehead atoms. The molecule has 22 heavy (non-hydrogen) atoms. The van der Waals surface area contributed by atoms with Crippen LogP contribution in [0.25, 0.3) is 11.0 Å². The van der Waals surface area contributed by atoms with Crippen LogP contribution in [-0.2, 0) is 0 Å². The second-order valence-corrected chi connectivity index (χ2v) is 4.47. The Morgan fingerprint density at radius 2 is 2.27 bits per heavy atom. The van der Waals surface area contributed by atoms with Crippen LogP contribution in [-0.4, -0.2) is 26.0 Å². The first-order valence-corrected chi connectivity index (χ1v) is 6.57. The molecule has 0 radical (unpaired) electrons. The summed E-state index contributed by atoms with van der Waals surface area (Å²) in [6.07, 6.45) is 0.898. The number of benzene rings is 1. The maximum absolute atomic E-state index is 11.7. The Bertz CT molecular complexity index is 840. The molecule has 0 unspecified atom stereocenters. The summed E-state index contributed by atoms with van der Waals surface area (Å²) in [7, 11) is 1.43. The maximum Gasteiger partial charge on any atom is 0.412 e. The normalized spacial score (nSPS) is 11.9. The van der Waals surface area contributed by atoms with Crippen molar-refractivity contribution in [1.82, 2.24) is 5.32 Å². The maximum atomic E-state index is 11.7. The molecule has 1 amide bonds. The molecule has 8 heteroatoms. The molecule has 2 heterocycles. The van der Waals surface area contributed by atoms with E-state index in [1.165, 1.54) is 13.2 Å². The average Bonchev–Trinajstić information content (AvgIpc) is 2.49. The van der Waals surface area contributed by atoms with E-state index in [9.17, 15) is 9.59 Å². The predicted octanol–water partition coefficient (Wildman–Crippen LogP) is 1.67. The largest absolute Gasteiger partial charge is 0.493 e. The predicted molar refractivity (Wildman–Crippen MR) is 80.0 cm³/mol. The molecular formula is C14H13N3O5. The van der Waals surface area contributed by atoms with Gasteiger partial charge in [0.15, 0.2) is 11.3 Å². The van der Waals surface area contributed by atoms with Gasteiger partial charge in [0.1, 0.15) is 0 Å². The van der Waals surface area contributed by atoms with Crippen molar-refractivity contribution in [1.29, 1.82) is 0 Å². The number of nitrogens with zero attached hydrogens (tertiary/aromatic N) is 1. The minimum atomic E-state index is -0.665. The van der Waals surface area contributed by atoms with E-state index in [0.29, 0.717) is 23.2 Å². The summed E-state index contributed by atoms with van der Waals surface area (Å²) in [6, 6.07) is 2.94. The summed E-state index contributed by atoms with van der Waals surface area (Å²) in [5.74, 6) is 0.311. The standard InChI is InChI=1S/C14H13N3O5/c1-3-15-14(19)22-12-9(20-2)4-7-6-16-17-8-5-10(18)21-13(12)11(7)8/h4-6,17H,3H2,1-2H3,(H,15,19). The van der Waals surface area contributed by atoms with Crippen LogP contribution in [0.2, 0.25) is 0 Å². The zero-order valence-corrected chi connectivity index (χ0v) is 11.9. The van der Waals surface area contributed by atoms with Crippen LogP contribution in [0.5, 0.6) is 11.5 Å². The number of rotatable bonds is 3. The summed E-state index contributed by atoms with van der Waals surface area (Å²) < 4.78 is 15.7. The van der Waals surface area contributed by atoms with E-state index in [4.69, 9.17) is 13.9 Å². The molecule has 1 aliphatic rings. The number of hydrogen-bond donors (Lipinski definition) is 2. The molecule has 2 N–H and O–H groups in total. The van der Waals surface area contributed by atoms with Gasteiger partial charge in [0.25, 0.3) is 0 Å².